The van der Waals surface area contributed by atoms with Gasteiger partial charge in [-0.15, -0.1) is 0 Å². The number of hydrogen-bond acceptors (Lipinski definition) is 4. The summed E-state index contributed by atoms with van der Waals surface area (Å²) in [5.41, 5.74) is 1.67. The number of halogens is 1. The van der Waals surface area contributed by atoms with Gasteiger partial charge in [0.2, 0.25) is 5.91 Å². The molecule has 0 saturated carbocycles. The van der Waals surface area contributed by atoms with Crippen molar-refractivity contribution >= 4 is 35.0 Å². The lowest BCUT2D eigenvalue weighted by atomic mass is 9.82. The molecule has 1 aliphatic heterocycles. The van der Waals surface area contributed by atoms with Crippen LogP contribution in [-0.2, 0) is 4.79 Å². The number of aromatic nitrogens is 1. The topological polar surface area (TPSA) is 82.5 Å². The minimum Gasteiger partial charge on any atom is -0.478 e. The first-order valence-electron chi connectivity index (χ1n) is 8.34. The van der Waals surface area contributed by atoms with E-state index in [1.165, 1.54) is 13.0 Å². The molecule has 1 amide bonds. The average Bonchev–Trinajstić information content (AvgIpc) is 2.60. The molecule has 136 valence electrons. The summed E-state index contributed by atoms with van der Waals surface area (Å²) in [5, 5.41) is 13.3. The quantitative estimate of drug-likeness (QED) is 0.850. The van der Waals surface area contributed by atoms with Gasteiger partial charge in [0.05, 0.1) is 16.6 Å². The lowest BCUT2D eigenvalue weighted by Crippen LogP contribution is -2.48. The zero-order valence-corrected chi connectivity index (χ0v) is 15.5. The van der Waals surface area contributed by atoms with Gasteiger partial charge < -0.3 is 15.3 Å². The molecule has 0 radical (unpaired) electrons. The van der Waals surface area contributed by atoms with Crippen molar-refractivity contribution in [2.24, 2.45) is 5.92 Å². The average molecular weight is 374 g/mol. The highest BCUT2D eigenvalue weighted by atomic mass is 35.5. The van der Waals surface area contributed by atoms with E-state index < -0.39 is 5.97 Å². The summed E-state index contributed by atoms with van der Waals surface area (Å²) in [6, 6.07) is 8.12. The SMILES string of the molecule is CC(=O)N1c2ccc(C(=O)O)cc2C(Nc2ccc(Cl)cn2)C(C)C1C. The number of hydrogen-bond donors (Lipinski definition) is 2. The van der Waals surface area contributed by atoms with Crippen LogP contribution in [0.15, 0.2) is 36.5 Å². The summed E-state index contributed by atoms with van der Waals surface area (Å²) < 4.78 is 0. The number of aromatic carboxylic acids is 1. The third-order valence-electron chi connectivity index (χ3n) is 4.93. The van der Waals surface area contributed by atoms with Crippen molar-refractivity contribution in [3.63, 3.8) is 0 Å². The second kappa shape index (κ2) is 6.96. The number of rotatable bonds is 3. The molecular formula is C19H20ClN3O3. The maximum absolute atomic E-state index is 12.2. The van der Waals surface area contributed by atoms with Crippen molar-refractivity contribution in [3.8, 4) is 0 Å². The summed E-state index contributed by atoms with van der Waals surface area (Å²) >= 11 is 5.90. The van der Waals surface area contributed by atoms with Crippen LogP contribution in [0.3, 0.4) is 0 Å². The van der Waals surface area contributed by atoms with E-state index in [-0.39, 0.29) is 29.5 Å². The largest absolute Gasteiger partial charge is 0.478 e. The van der Waals surface area contributed by atoms with Crippen molar-refractivity contribution in [1.29, 1.82) is 0 Å². The Hall–Kier alpha value is -2.60. The summed E-state index contributed by atoms with van der Waals surface area (Å²) in [4.78, 5) is 29.6. The Bertz CT molecular complexity index is 854. The van der Waals surface area contributed by atoms with E-state index in [0.717, 1.165) is 11.3 Å². The van der Waals surface area contributed by atoms with Gasteiger partial charge in [-0.2, -0.15) is 0 Å². The highest BCUT2D eigenvalue weighted by Crippen LogP contribution is 2.42. The lowest BCUT2D eigenvalue weighted by Gasteiger charge is -2.44. The van der Waals surface area contributed by atoms with E-state index in [9.17, 15) is 14.7 Å². The Morgan fingerprint density at radius 3 is 2.54 bits per heavy atom. The van der Waals surface area contributed by atoms with Gasteiger partial charge in [0.1, 0.15) is 5.82 Å². The van der Waals surface area contributed by atoms with Crippen LogP contribution < -0.4 is 10.2 Å². The van der Waals surface area contributed by atoms with E-state index in [4.69, 9.17) is 11.6 Å². The van der Waals surface area contributed by atoms with Crippen LogP contribution in [0.1, 0.15) is 42.7 Å². The Morgan fingerprint density at radius 2 is 1.96 bits per heavy atom. The zero-order valence-electron chi connectivity index (χ0n) is 14.7. The fourth-order valence-electron chi connectivity index (χ4n) is 3.46. The molecule has 1 aromatic carbocycles. The number of carbonyl (C=O) groups excluding carboxylic acids is 1. The standard InChI is InChI=1S/C19H20ClN3O3/c1-10-11(2)23(12(3)24)16-6-4-13(19(25)26)8-15(16)18(10)22-17-7-5-14(20)9-21-17/h4-11,18H,1-3H3,(H,21,22)(H,25,26). The molecule has 0 fully saturated rings. The van der Waals surface area contributed by atoms with Crippen molar-refractivity contribution in [2.75, 3.05) is 10.2 Å². The van der Waals surface area contributed by atoms with E-state index in [1.54, 1.807) is 35.4 Å². The van der Waals surface area contributed by atoms with Gasteiger partial charge in [0, 0.05) is 30.8 Å². The maximum Gasteiger partial charge on any atom is 0.335 e. The number of carbonyl (C=O) groups is 2. The van der Waals surface area contributed by atoms with Crippen molar-refractivity contribution in [1.82, 2.24) is 4.98 Å². The highest BCUT2D eigenvalue weighted by Gasteiger charge is 2.38. The molecule has 7 heteroatoms. The van der Waals surface area contributed by atoms with Crippen LogP contribution >= 0.6 is 11.6 Å². The maximum atomic E-state index is 12.2. The molecule has 3 rings (SSSR count). The first kappa shape index (κ1) is 18.2. The zero-order chi connectivity index (χ0) is 19.0. The Balaban J connectivity index is 2.09. The van der Waals surface area contributed by atoms with Crippen LogP contribution in [0.4, 0.5) is 11.5 Å². The Labute approximate surface area is 156 Å². The highest BCUT2D eigenvalue weighted by molar-refractivity contribution is 6.30. The number of fused-ring (bicyclic) bond motifs is 1. The second-order valence-electron chi connectivity index (χ2n) is 6.55. The Morgan fingerprint density at radius 1 is 1.23 bits per heavy atom. The minimum absolute atomic E-state index is 0.0351. The van der Waals surface area contributed by atoms with Crippen LogP contribution in [0.25, 0.3) is 0 Å². The first-order valence-corrected chi connectivity index (χ1v) is 8.72. The van der Waals surface area contributed by atoms with E-state index in [0.29, 0.717) is 10.8 Å². The lowest BCUT2D eigenvalue weighted by molar-refractivity contribution is -0.117. The third-order valence-corrected chi connectivity index (χ3v) is 5.16. The number of nitrogens with zero attached hydrogens (tertiary/aromatic N) is 2. The van der Waals surface area contributed by atoms with Gasteiger partial charge in [0.15, 0.2) is 0 Å². The van der Waals surface area contributed by atoms with Crippen LogP contribution in [-0.4, -0.2) is 28.0 Å². The first-order chi connectivity index (χ1) is 12.3. The number of benzene rings is 1. The number of anilines is 2. The predicted octanol–water partition coefficient (Wildman–Crippen LogP) is 3.98. The molecule has 1 aromatic heterocycles. The smallest absolute Gasteiger partial charge is 0.335 e. The molecule has 3 unspecified atom stereocenters. The molecular weight excluding hydrogens is 354 g/mol. The van der Waals surface area contributed by atoms with Crippen LogP contribution in [0.2, 0.25) is 5.02 Å². The summed E-state index contributed by atoms with van der Waals surface area (Å²) in [7, 11) is 0. The van der Waals surface area contributed by atoms with Crippen molar-refractivity contribution < 1.29 is 14.7 Å². The molecule has 0 bridgehead atoms. The number of carboxylic acid groups (broad SMARTS) is 1. The number of pyridine rings is 1. The van der Waals surface area contributed by atoms with Gasteiger partial charge in [-0.25, -0.2) is 9.78 Å². The van der Waals surface area contributed by atoms with Crippen molar-refractivity contribution in [3.05, 3.63) is 52.7 Å². The van der Waals surface area contributed by atoms with Gasteiger partial charge in [-0.1, -0.05) is 18.5 Å². The van der Waals surface area contributed by atoms with Gasteiger partial charge >= 0.3 is 5.97 Å². The Kier molecular flexibility index (Phi) is 4.87. The molecule has 26 heavy (non-hydrogen) atoms. The molecule has 0 aliphatic carbocycles. The van der Waals surface area contributed by atoms with E-state index in [1.807, 2.05) is 13.8 Å². The van der Waals surface area contributed by atoms with E-state index in [2.05, 4.69) is 10.3 Å². The van der Waals surface area contributed by atoms with E-state index >= 15 is 0 Å². The summed E-state index contributed by atoms with van der Waals surface area (Å²) in [5.74, 6) is -0.400. The number of carboxylic acids is 1. The molecule has 6 nitrogen and oxygen atoms in total. The molecule has 1 aliphatic rings. The molecule has 0 spiro atoms. The predicted molar refractivity (Wildman–Crippen MR) is 101 cm³/mol. The van der Waals surface area contributed by atoms with Gasteiger partial charge in [-0.3, -0.25) is 4.79 Å². The second-order valence-corrected chi connectivity index (χ2v) is 6.99. The fraction of sp³-hybridized carbons (Fsp3) is 0.316. The molecule has 0 saturated heterocycles. The molecule has 3 atom stereocenters. The van der Waals surface area contributed by atoms with Gasteiger partial charge in [0.25, 0.3) is 0 Å². The monoisotopic (exact) mass is 373 g/mol. The van der Waals surface area contributed by atoms with Crippen molar-refractivity contribution in [2.45, 2.75) is 32.9 Å². The summed E-state index contributed by atoms with van der Waals surface area (Å²) in [6.45, 7) is 5.54. The third kappa shape index (κ3) is 3.24. The normalized spacial score (nSPS) is 21.8. The fourth-order valence-corrected chi connectivity index (χ4v) is 3.57. The van der Waals surface area contributed by atoms with Gasteiger partial charge in [-0.05, 0) is 42.8 Å². The molecule has 2 heterocycles. The minimum atomic E-state index is -1.00. The summed E-state index contributed by atoms with van der Waals surface area (Å²) in [6.07, 6.45) is 1.55. The van der Waals surface area contributed by atoms with Crippen LogP contribution in [0, 0.1) is 5.92 Å². The number of amides is 1. The molecule has 2 N–H and O–H groups in total. The number of nitrogens with one attached hydrogen (secondary N) is 1. The molecule has 2 aromatic rings. The van der Waals surface area contributed by atoms with Crippen LogP contribution in [0.5, 0.6) is 0 Å².